The van der Waals surface area contributed by atoms with E-state index in [1.54, 1.807) is 0 Å². The lowest BCUT2D eigenvalue weighted by Gasteiger charge is -2.36. The fourth-order valence-corrected chi connectivity index (χ4v) is 3.74. The number of nitrogens with one attached hydrogen (secondary N) is 1. The van der Waals surface area contributed by atoms with E-state index >= 15 is 0 Å². The van der Waals surface area contributed by atoms with Gasteiger partial charge in [0.1, 0.15) is 0 Å². The molecule has 2 fully saturated rings. The largest absolute Gasteiger partial charge is 0.315 e. The zero-order chi connectivity index (χ0) is 12.1. The fraction of sp³-hybridized carbons (Fsp3) is 1.00. The second-order valence-electron chi connectivity index (χ2n) is 6.01. The maximum atomic E-state index is 3.59. The highest BCUT2D eigenvalue weighted by Crippen LogP contribution is 2.28. The summed E-state index contributed by atoms with van der Waals surface area (Å²) in [6.07, 6.45) is 11.4. The lowest BCUT2D eigenvalue weighted by Crippen LogP contribution is -2.48. The van der Waals surface area contributed by atoms with Gasteiger partial charge in [-0.3, -0.25) is 4.90 Å². The fourth-order valence-electron chi connectivity index (χ4n) is 3.74. The molecule has 2 aliphatic rings. The molecular formula is C15H30N2. The molecule has 0 aromatic rings. The Morgan fingerprint density at radius 1 is 1.06 bits per heavy atom. The third kappa shape index (κ3) is 3.45. The Labute approximate surface area is 107 Å². The molecule has 1 aliphatic heterocycles. The number of likely N-dealkylation sites (N-methyl/N-ethyl adjacent to an activating group) is 1. The minimum atomic E-state index is 0.742. The van der Waals surface area contributed by atoms with Crippen LogP contribution >= 0.6 is 0 Å². The van der Waals surface area contributed by atoms with Crippen LogP contribution in [0, 0.1) is 5.92 Å². The van der Waals surface area contributed by atoms with Gasteiger partial charge in [0.2, 0.25) is 0 Å². The van der Waals surface area contributed by atoms with Crippen LogP contribution in [-0.2, 0) is 0 Å². The summed E-state index contributed by atoms with van der Waals surface area (Å²) >= 11 is 0. The number of hydrogen-bond acceptors (Lipinski definition) is 2. The van der Waals surface area contributed by atoms with Gasteiger partial charge in [-0.05, 0) is 38.8 Å². The maximum Gasteiger partial charge on any atom is 0.0249 e. The number of hydrogen-bond donors (Lipinski definition) is 1. The molecule has 1 aliphatic carbocycles. The number of nitrogens with zero attached hydrogens (tertiary/aromatic N) is 1. The zero-order valence-corrected chi connectivity index (χ0v) is 11.8. The smallest absolute Gasteiger partial charge is 0.0249 e. The van der Waals surface area contributed by atoms with E-state index in [9.17, 15) is 0 Å². The molecule has 3 atom stereocenters. The van der Waals surface area contributed by atoms with Crippen molar-refractivity contribution in [3.63, 3.8) is 0 Å². The Morgan fingerprint density at radius 3 is 2.47 bits per heavy atom. The number of rotatable bonds is 3. The molecule has 1 saturated heterocycles. The van der Waals surface area contributed by atoms with Crippen LogP contribution in [0.3, 0.4) is 0 Å². The minimum Gasteiger partial charge on any atom is -0.315 e. The summed E-state index contributed by atoms with van der Waals surface area (Å²) in [5, 5.41) is 3.59. The molecule has 2 heteroatoms. The molecule has 0 amide bonds. The summed E-state index contributed by atoms with van der Waals surface area (Å²) < 4.78 is 0. The van der Waals surface area contributed by atoms with Gasteiger partial charge in [-0.25, -0.2) is 0 Å². The van der Waals surface area contributed by atoms with Crippen LogP contribution in [0.5, 0.6) is 0 Å². The second kappa shape index (κ2) is 6.75. The van der Waals surface area contributed by atoms with Crippen molar-refractivity contribution in [2.75, 3.05) is 20.1 Å². The van der Waals surface area contributed by atoms with Crippen molar-refractivity contribution in [3.8, 4) is 0 Å². The molecular weight excluding hydrogens is 208 g/mol. The normalized spacial score (nSPS) is 36.7. The molecule has 1 saturated carbocycles. The Morgan fingerprint density at radius 2 is 1.82 bits per heavy atom. The van der Waals surface area contributed by atoms with Crippen molar-refractivity contribution in [1.82, 2.24) is 10.2 Å². The van der Waals surface area contributed by atoms with E-state index < -0.39 is 0 Å². The lowest BCUT2D eigenvalue weighted by atomic mass is 9.91. The standard InChI is InChI=1S/C15H30N2/c1-3-13-10-11-17(12-13)15-9-7-5-4-6-8-14(15)16-2/h13-16H,3-12H2,1-2H3. The lowest BCUT2D eigenvalue weighted by molar-refractivity contribution is 0.161. The van der Waals surface area contributed by atoms with Crippen molar-refractivity contribution >= 4 is 0 Å². The van der Waals surface area contributed by atoms with Crippen LogP contribution in [-0.4, -0.2) is 37.1 Å². The van der Waals surface area contributed by atoms with Gasteiger partial charge in [0.15, 0.2) is 0 Å². The summed E-state index contributed by atoms with van der Waals surface area (Å²) in [6.45, 7) is 5.06. The van der Waals surface area contributed by atoms with Crippen LogP contribution in [0.25, 0.3) is 0 Å². The summed E-state index contributed by atoms with van der Waals surface area (Å²) in [6, 6.07) is 1.56. The van der Waals surface area contributed by atoms with E-state index in [0.29, 0.717) is 0 Å². The third-order valence-corrected chi connectivity index (χ3v) is 4.96. The predicted octanol–water partition coefficient (Wildman–Crippen LogP) is 3.03. The van der Waals surface area contributed by atoms with E-state index in [0.717, 1.165) is 18.0 Å². The first-order valence-electron chi connectivity index (χ1n) is 7.76. The molecule has 2 rings (SSSR count). The van der Waals surface area contributed by atoms with Gasteiger partial charge < -0.3 is 5.32 Å². The molecule has 0 bridgehead atoms. The summed E-state index contributed by atoms with van der Waals surface area (Å²) in [4.78, 5) is 2.79. The second-order valence-corrected chi connectivity index (χ2v) is 6.01. The zero-order valence-electron chi connectivity index (χ0n) is 11.8. The van der Waals surface area contributed by atoms with Crippen LogP contribution in [0.4, 0.5) is 0 Å². The monoisotopic (exact) mass is 238 g/mol. The highest BCUT2D eigenvalue weighted by Gasteiger charge is 2.31. The summed E-state index contributed by atoms with van der Waals surface area (Å²) in [7, 11) is 2.16. The molecule has 1 N–H and O–H groups in total. The average molecular weight is 238 g/mol. The highest BCUT2D eigenvalue weighted by molar-refractivity contribution is 4.89. The first-order chi connectivity index (χ1) is 8.35. The van der Waals surface area contributed by atoms with E-state index in [-0.39, 0.29) is 0 Å². The maximum absolute atomic E-state index is 3.59. The third-order valence-electron chi connectivity index (χ3n) is 4.96. The van der Waals surface area contributed by atoms with E-state index in [4.69, 9.17) is 0 Å². The molecule has 100 valence electrons. The van der Waals surface area contributed by atoms with Crippen molar-refractivity contribution in [2.45, 2.75) is 70.4 Å². The number of likely N-dealkylation sites (tertiary alicyclic amines) is 1. The first kappa shape index (κ1) is 13.4. The van der Waals surface area contributed by atoms with E-state index in [1.807, 2.05) is 0 Å². The Kier molecular flexibility index (Phi) is 5.30. The van der Waals surface area contributed by atoms with Crippen molar-refractivity contribution < 1.29 is 0 Å². The molecule has 0 aromatic carbocycles. The van der Waals surface area contributed by atoms with Crippen LogP contribution < -0.4 is 5.32 Å². The molecule has 1 heterocycles. The Hall–Kier alpha value is -0.0800. The first-order valence-corrected chi connectivity index (χ1v) is 7.76. The highest BCUT2D eigenvalue weighted by atomic mass is 15.2. The summed E-state index contributed by atoms with van der Waals surface area (Å²) in [5.41, 5.74) is 0. The van der Waals surface area contributed by atoms with Gasteiger partial charge in [0, 0.05) is 18.6 Å². The van der Waals surface area contributed by atoms with Crippen molar-refractivity contribution in [1.29, 1.82) is 0 Å². The molecule has 17 heavy (non-hydrogen) atoms. The van der Waals surface area contributed by atoms with Gasteiger partial charge in [0.25, 0.3) is 0 Å². The predicted molar refractivity (Wildman–Crippen MR) is 74.3 cm³/mol. The van der Waals surface area contributed by atoms with Gasteiger partial charge in [0.05, 0.1) is 0 Å². The quantitative estimate of drug-likeness (QED) is 0.813. The molecule has 0 spiro atoms. The van der Waals surface area contributed by atoms with Gasteiger partial charge in [-0.15, -0.1) is 0 Å². The van der Waals surface area contributed by atoms with Crippen LogP contribution in [0.2, 0.25) is 0 Å². The van der Waals surface area contributed by atoms with Crippen molar-refractivity contribution in [2.24, 2.45) is 5.92 Å². The van der Waals surface area contributed by atoms with Crippen LogP contribution in [0.15, 0.2) is 0 Å². The minimum absolute atomic E-state index is 0.742. The molecule has 0 radical (unpaired) electrons. The average Bonchev–Trinajstić information content (AvgIpc) is 2.77. The van der Waals surface area contributed by atoms with E-state index in [2.05, 4.69) is 24.2 Å². The summed E-state index contributed by atoms with van der Waals surface area (Å²) in [5.74, 6) is 0.970. The topological polar surface area (TPSA) is 15.3 Å². The van der Waals surface area contributed by atoms with Crippen LogP contribution in [0.1, 0.15) is 58.3 Å². The SMILES string of the molecule is CCC1CCN(C2CCCCCCC2NC)C1. The Bertz CT molecular complexity index is 217. The molecule has 2 nitrogen and oxygen atoms in total. The van der Waals surface area contributed by atoms with Gasteiger partial charge in [-0.2, -0.15) is 0 Å². The van der Waals surface area contributed by atoms with Gasteiger partial charge in [-0.1, -0.05) is 39.0 Å². The van der Waals surface area contributed by atoms with E-state index in [1.165, 1.54) is 64.5 Å². The Balaban J connectivity index is 1.94. The van der Waals surface area contributed by atoms with Crippen molar-refractivity contribution in [3.05, 3.63) is 0 Å². The molecule has 0 aromatic heterocycles. The molecule has 3 unspecified atom stereocenters. The van der Waals surface area contributed by atoms with Gasteiger partial charge >= 0.3 is 0 Å².